The van der Waals surface area contributed by atoms with Crippen LogP contribution in [-0.4, -0.2) is 18.4 Å². The molecule has 0 spiro atoms. The lowest BCUT2D eigenvalue weighted by molar-refractivity contribution is -0.0504. The Morgan fingerprint density at radius 2 is 1.87 bits per heavy atom. The number of nitrogens with zero attached hydrogens (tertiary/aromatic N) is 1. The van der Waals surface area contributed by atoms with Crippen LogP contribution < -0.4 is 10.5 Å². The summed E-state index contributed by atoms with van der Waals surface area (Å²) in [5.41, 5.74) is 6.03. The number of hydrogen-bond acceptors (Lipinski definition) is 4. The molecule has 5 nitrogen and oxygen atoms in total. The Kier molecular flexibility index (Phi) is 5.64. The number of alkyl halides is 2. The molecule has 0 aliphatic rings. The number of ether oxygens (including phenoxy) is 1. The highest BCUT2D eigenvalue weighted by Crippen LogP contribution is 2.25. The predicted molar refractivity (Wildman–Crippen MR) is 83.4 cm³/mol. The van der Waals surface area contributed by atoms with E-state index in [1.807, 2.05) is 0 Å². The van der Waals surface area contributed by atoms with Crippen LogP contribution in [0.25, 0.3) is 0 Å². The summed E-state index contributed by atoms with van der Waals surface area (Å²) in [5.74, 6) is -1.31. The van der Waals surface area contributed by atoms with Gasteiger partial charge in [-0.05, 0) is 18.2 Å². The largest absolute Gasteiger partial charge is 0.434 e. The van der Waals surface area contributed by atoms with Crippen LogP contribution in [0.15, 0.2) is 58.2 Å². The number of halogens is 3. The van der Waals surface area contributed by atoms with Gasteiger partial charge in [-0.2, -0.15) is 8.78 Å². The van der Waals surface area contributed by atoms with Crippen LogP contribution in [0.3, 0.4) is 0 Å². The number of carbonyl (C=O) groups excluding carboxylic acids is 1. The van der Waals surface area contributed by atoms with Crippen molar-refractivity contribution in [2.45, 2.75) is 6.61 Å². The molecule has 0 heterocycles. The van der Waals surface area contributed by atoms with Crippen LogP contribution in [0.4, 0.5) is 8.78 Å². The molecule has 2 aromatic carbocycles. The van der Waals surface area contributed by atoms with Crippen molar-refractivity contribution in [1.82, 2.24) is 0 Å². The molecular formula is C15H11BrF2N2O3. The Labute approximate surface area is 138 Å². The van der Waals surface area contributed by atoms with E-state index >= 15 is 0 Å². The van der Waals surface area contributed by atoms with E-state index in [0.717, 1.165) is 0 Å². The Morgan fingerprint density at radius 3 is 2.52 bits per heavy atom. The number of oxime groups is 1. The topological polar surface area (TPSA) is 73.9 Å². The number of benzene rings is 2. The van der Waals surface area contributed by atoms with Gasteiger partial charge in [0.25, 0.3) is 0 Å². The summed E-state index contributed by atoms with van der Waals surface area (Å²) in [5, 5.41) is 3.51. The molecule has 0 amide bonds. The van der Waals surface area contributed by atoms with E-state index < -0.39 is 12.6 Å². The quantitative estimate of drug-likeness (QED) is 0.370. The van der Waals surface area contributed by atoms with Crippen molar-refractivity contribution in [3.63, 3.8) is 0 Å². The lowest BCUT2D eigenvalue weighted by atomic mass is 10.2. The maximum absolute atomic E-state index is 12.4. The summed E-state index contributed by atoms with van der Waals surface area (Å²) in [6, 6.07) is 12.6. The molecule has 23 heavy (non-hydrogen) atoms. The number of amidine groups is 1. The molecule has 2 N–H and O–H groups in total. The Morgan fingerprint density at radius 1 is 1.17 bits per heavy atom. The first kappa shape index (κ1) is 16.9. The lowest BCUT2D eigenvalue weighted by Gasteiger charge is -2.09. The molecule has 0 saturated heterocycles. The zero-order valence-electron chi connectivity index (χ0n) is 11.6. The normalized spacial score (nSPS) is 11.4. The summed E-state index contributed by atoms with van der Waals surface area (Å²) in [4.78, 5) is 16.7. The van der Waals surface area contributed by atoms with E-state index in [0.29, 0.717) is 10.0 Å². The number of carbonyl (C=O) groups is 1. The van der Waals surface area contributed by atoms with Gasteiger partial charge < -0.3 is 15.3 Å². The second kappa shape index (κ2) is 7.68. The van der Waals surface area contributed by atoms with Crippen LogP contribution >= 0.6 is 15.9 Å². The molecule has 2 rings (SSSR count). The summed E-state index contributed by atoms with van der Waals surface area (Å²) in [7, 11) is 0. The van der Waals surface area contributed by atoms with E-state index in [-0.39, 0.29) is 17.1 Å². The van der Waals surface area contributed by atoms with Crippen LogP contribution in [0, 0.1) is 0 Å². The van der Waals surface area contributed by atoms with Gasteiger partial charge in [0.1, 0.15) is 11.3 Å². The fourth-order valence-corrected chi connectivity index (χ4v) is 2.02. The van der Waals surface area contributed by atoms with E-state index in [4.69, 9.17) is 10.6 Å². The van der Waals surface area contributed by atoms with Crippen molar-refractivity contribution >= 4 is 27.7 Å². The molecule has 0 saturated carbocycles. The second-order valence-corrected chi connectivity index (χ2v) is 5.16. The standard InChI is InChI=1S/C15H11BrF2N2O3/c16-10-6-7-12(22-15(17)18)11(8-10)14(21)23-20-13(19)9-4-2-1-3-5-9/h1-8,15H,(H2,19,20). The van der Waals surface area contributed by atoms with Gasteiger partial charge in [0.15, 0.2) is 5.84 Å². The van der Waals surface area contributed by atoms with E-state index in [2.05, 4.69) is 25.8 Å². The van der Waals surface area contributed by atoms with Crippen molar-refractivity contribution in [3.05, 3.63) is 64.1 Å². The first-order valence-electron chi connectivity index (χ1n) is 6.32. The lowest BCUT2D eigenvalue weighted by Crippen LogP contribution is -2.15. The molecule has 0 unspecified atom stereocenters. The molecule has 8 heteroatoms. The van der Waals surface area contributed by atoms with E-state index in [1.165, 1.54) is 18.2 Å². The Balaban J connectivity index is 2.19. The fraction of sp³-hybridized carbons (Fsp3) is 0.0667. The van der Waals surface area contributed by atoms with Crippen molar-refractivity contribution in [1.29, 1.82) is 0 Å². The number of rotatable bonds is 5. The van der Waals surface area contributed by atoms with Crippen LogP contribution in [0.1, 0.15) is 15.9 Å². The highest BCUT2D eigenvalue weighted by Gasteiger charge is 2.18. The second-order valence-electron chi connectivity index (χ2n) is 4.24. The fourth-order valence-electron chi connectivity index (χ4n) is 1.66. The average Bonchev–Trinajstić information content (AvgIpc) is 2.54. The summed E-state index contributed by atoms with van der Waals surface area (Å²) in [6.45, 7) is -3.07. The smallest absolute Gasteiger partial charge is 0.387 e. The first-order chi connectivity index (χ1) is 11.0. The SMILES string of the molecule is N/C(=N\OC(=O)c1cc(Br)ccc1OC(F)F)c1ccccc1. The van der Waals surface area contributed by atoms with Gasteiger partial charge in [0.2, 0.25) is 0 Å². The van der Waals surface area contributed by atoms with Gasteiger partial charge in [-0.1, -0.05) is 51.4 Å². The monoisotopic (exact) mass is 384 g/mol. The highest BCUT2D eigenvalue weighted by molar-refractivity contribution is 9.10. The van der Waals surface area contributed by atoms with E-state index in [1.54, 1.807) is 30.3 Å². The zero-order valence-corrected chi connectivity index (χ0v) is 13.2. The highest BCUT2D eigenvalue weighted by atomic mass is 79.9. The van der Waals surface area contributed by atoms with Gasteiger partial charge in [-0.15, -0.1) is 0 Å². The molecule has 0 aliphatic carbocycles. The van der Waals surface area contributed by atoms with Crippen LogP contribution in [0.5, 0.6) is 5.75 Å². The average molecular weight is 385 g/mol. The third kappa shape index (κ3) is 4.75. The third-order valence-corrected chi connectivity index (χ3v) is 3.17. The summed E-state index contributed by atoms with van der Waals surface area (Å²) >= 11 is 3.14. The van der Waals surface area contributed by atoms with Crippen LogP contribution in [-0.2, 0) is 4.84 Å². The molecule has 0 fully saturated rings. The van der Waals surface area contributed by atoms with Crippen LogP contribution in [0.2, 0.25) is 0 Å². The zero-order chi connectivity index (χ0) is 16.8. The maximum Gasteiger partial charge on any atom is 0.387 e. The maximum atomic E-state index is 12.4. The van der Waals surface area contributed by atoms with Crippen molar-refractivity contribution < 1.29 is 23.1 Å². The third-order valence-electron chi connectivity index (χ3n) is 2.67. The van der Waals surface area contributed by atoms with Gasteiger partial charge in [-0.25, -0.2) is 4.79 Å². The predicted octanol–water partition coefficient (Wildman–Crippen LogP) is 3.53. The molecule has 0 radical (unpaired) electrons. The molecule has 0 atom stereocenters. The van der Waals surface area contributed by atoms with Gasteiger partial charge in [0, 0.05) is 10.0 Å². The molecule has 0 bridgehead atoms. The molecule has 0 aromatic heterocycles. The number of nitrogens with two attached hydrogens (primary N) is 1. The van der Waals surface area contributed by atoms with Gasteiger partial charge in [0.05, 0.1) is 0 Å². The Bertz CT molecular complexity index is 724. The summed E-state index contributed by atoms with van der Waals surface area (Å²) < 4.78 is 29.5. The Hall–Kier alpha value is -2.48. The molecule has 2 aromatic rings. The minimum Gasteiger partial charge on any atom is -0.434 e. The van der Waals surface area contributed by atoms with Crippen molar-refractivity contribution in [2.24, 2.45) is 10.9 Å². The molecular weight excluding hydrogens is 374 g/mol. The summed E-state index contributed by atoms with van der Waals surface area (Å²) in [6.07, 6.45) is 0. The van der Waals surface area contributed by atoms with Gasteiger partial charge >= 0.3 is 12.6 Å². The molecule has 0 aliphatic heterocycles. The van der Waals surface area contributed by atoms with Crippen molar-refractivity contribution in [2.75, 3.05) is 0 Å². The first-order valence-corrected chi connectivity index (χ1v) is 7.11. The minimum absolute atomic E-state index is 0.0229. The molecule has 120 valence electrons. The minimum atomic E-state index is -3.07. The van der Waals surface area contributed by atoms with E-state index in [9.17, 15) is 13.6 Å². The number of hydrogen-bond donors (Lipinski definition) is 1. The van der Waals surface area contributed by atoms with Crippen molar-refractivity contribution in [3.8, 4) is 5.75 Å². The van der Waals surface area contributed by atoms with Gasteiger partial charge in [-0.3, -0.25) is 0 Å².